The predicted molar refractivity (Wildman–Crippen MR) is 69.4 cm³/mol. The molecule has 1 atom stereocenters. The molecule has 0 radical (unpaired) electrons. The van der Waals surface area contributed by atoms with Crippen LogP contribution in [0.15, 0.2) is 24.3 Å². The van der Waals surface area contributed by atoms with Crippen LogP contribution in [0.4, 0.5) is 10.5 Å². The fraction of sp³-hybridized carbons (Fsp3) is 0.333. The Balaban J connectivity index is 2.05. The molecular formula is C12H13ClN2O4. The number of ether oxygens (including phenoxy) is 1. The van der Waals surface area contributed by atoms with Crippen molar-refractivity contribution in [3.63, 3.8) is 0 Å². The fourth-order valence-electron chi connectivity index (χ4n) is 1.82. The molecule has 102 valence electrons. The van der Waals surface area contributed by atoms with Crippen LogP contribution < -0.4 is 10.6 Å². The summed E-state index contributed by atoms with van der Waals surface area (Å²) in [5.41, 5.74) is -0.952. The van der Waals surface area contributed by atoms with Crippen molar-refractivity contribution in [2.75, 3.05) is 18.5 Å². The van der Waals surface area contributed by atoms with Crippen LogP contribution in [0.25, 0.3) is 0 Å². The number of aliphatic carboxylic acids is 1. The molecule has 0 bridgehead atoms. The minimum absolute atomic E-state index is 0.0434. The molecule has 7 heteroatoms. The minimum Gasteiger partial charge on any atom is -0.479 e. The number of carbonyl (C=O) groups is 2. The van der Waals surface area contributed by atoms with Crippen molar-refractivity contribution in [3.8, 4) is 0 Å². The van der Waals surface area contributed by atoms with E-state index in [-0.39, 0.29) is 13.0 Å². The summed E-state index contributed by atoms with van der Waals surface area (Å²) in [7, 11) is 0. The summed E-state index contributed by atoms with van der Waals surface area (Å²) in [6, 6.07) is 6.08. The van der Waals surface area contributed by atoms with E-state index in [2.05, 4.69) is 10.6 Å². The lowest BCUT2D eigenvalue weighted by Gasteiger charge is -2.23. The number of halogens is 1. The number of amides is 2. The number of para-hydroxylation sites is 1. The fourth-order valence-corrected chi connectivity index (χ4v) is 2.00. The summed E-state index contributed by atoms with van der Waals surface area (Å²) in [6.45, 7) is 0.261. The number of carboxylic acid groups (broad SMARTS) is 1. The Morgan fingerprint density at radius 1 is 1.37 bits per heavy atom. The number of nitrogens with one attached hydrogen (secondary N) is 2. The van der Waals surface area contributed by atoms with Crippen LogP contribution >= 0.6 is 11.6 Å². The number of hydrogen-bond donors (Lipinski definition) is 3. The SMILES string of the molecule is O=C(Nc1ccccc1Cl)NC1(C(=O)O)CCOC1. The van der Waals surface area contributed by atoms with Crippen LogP contribution in [0.3, 0.4) is 0 Å². The van der Waals surface area contributed by atoms with Gasteiger partial charge < -0.3 is 20.5 Å². The Kier molecular flexibility index (Phi) is 3.92. The number of rotatable bonds is 3. The van der Waals surface area contributed by atoms with Crippen molar-refractivity contribution in [2.45, 2.75) is 12.0 Å². The first-order chi connectivity index (χ1) is 9.03. The number of carbonyl (C=O) groups excluding carboxylic acids is 1. The lowest BCUT2D eigenvalue weighted by molar-refractivity contribution is -0.144. The second kappa shape index (κ2) is 5.46. The van der Waals surface area contributed by atoms with E-state index in [9.17, 15) is 14.7 Å². The van der Waals surface area contributed by atoms with E-state index in [4.69, 9.17) is 16.3 Å². The van der Waals surface area contributed by atoms with Gasteiger partial charge in [-0.2, -0.15) is 0 Å². The molecule has 19 heavy (non-hydrogen) atoms. The zero-order chi connectivity index (χ0) is 13.9. The van der Waals surface area contributed by atoms with E-state index in [1.165, 1.54) is 0 Å². The highest BCUT2D eigenvalue weighted by Crippen LogP contribution is 2.22. The molecule has 1 saturated heterocycles. The first-order valence-corrected chi connectivity index (χ1v) is 6.06. The van der Waals surface area contributed by atoms with E-state index in [0.717, 1.165) is 0 Å². The summed E-state index contributed by atoms with van der Waals surface area (Å²) >= 11 is 5.90. The van der Waals surface area contributed by atoms with Gasteiger partial charge in [0, 0.05) is 13.0 Å². The van der Waals surface area contributed by atoms with Crippen LogP contribution in [0, 0.1) is 0 Å². The van der Waals surface area contributed by atoms with Crippen LogP contribution in [0.5, 0.6) is 0 Å². The van der Waals surface area contributed by atoms with Crippen molar-refractivity contribution < 1.29 is 19.4 Å². The molecule has 3 N–H and O–H groups in total. The first-order valence-electron chi connectivity index (χ1n) is 5.68. The lowest BCUT2D eigenvalue weighted by atomic mass is 9.99. The third-order valence-electron chi connectivity index (χ3n) is 2.91. The molecule has 1 heterocycles. The second-order valence-electron chi connectivity index (χ2n) is 4.25. The average molecular weight is 285 g/mol. The highest BCUT2D eigenvalue weighted by atomic mass is 35.5. The number of anilines is 1. The molecule has 0 saturated carbocycles. The lowest BCUT2D eigenvalue weighted by Crippen LogP contribution is -2.56. The summed E-state index contributed by atoms with van der Waals surface area (Å²) < 4.78 is 5.05. The largest absolute Gasteiger partial charge is 0.479 e. The van der Waals surface area contributed by atoms with Gasteiger partial charge in [-0.05, 0) is 12.1 Å². The molecule has 0 aromatic heterocycles. The van der Waals surface area contributed by atoms with Gasteiger partial charge in [-0.3, -0.25) is 0 Å². The Morgan fingerprint density at radius 3 is 2.68 bits per heavy atom. The van der Waals surface area contributed by atoms with E-state index >= 15 is 0 Å². The molecular weight excluding hydrogens is 272 g/mol. The third-order valence-corrected chi connectivity index (χ3v) is 3.24. The molecule has 1 fully saturated rings. The van der Waals surface area contributed by atoms with Gasteiger partial charge in [-0.25, -0.2) is 9.59 Å². The first kappa shape index (κ1) is 13.6. The molecule has 1 aliphatic heterocycles. The normalized spacial score (nSPS) is 21.9. The zero-order valence-electron chi connectivity index (χ0n) is 9.98. The highest BCUT2D eigenvalue weighted by molar-refractivity contribution is 6.33. The predicted octanol–water partition coefficient (Wildman–Crippen LogP) is 1.71. The van der Waals surface area contributed by atoms with Crippen LogP contribution in [-0.4, -0.2) is 35.9 Å². The Labute approximate surface area is 114 Å². The summed E-state index contributed by atoms with van der Waals surface area (Å²) in [5.74, 6) is -1.11. The summed E-state index contributed by atoms with van der Waals surface area (Å²) in [6.07, 6.45) is 0.234. The maximum Gasteiger partial charge on any atom is 0.332 e. The van der Waals surface area contributed by atoms with Gasteiger partial charge in [0.05, 0.1) is 17.3 Å². The number of carboxylic acids is 1. The molecule has 1 aromatic rings. The van der Waals surface area contributed by atoms with E-state index in [1.807, 2.05) is 0 Å². The zero-order valence-corrected chi connectivity index (χ0v) is 10.7. The number of hydrogen-bond acceptors (Lipinski definition) is 3. The molecule has 2 rings (SSSR count). The second-order valence-corrected chi connectivity index (χ2v) is 4.66. The molecule has 0 spiro atoms. The van der Waals surface area contributed by atoms with Gasteiger partial charge in [0.2, 0.25) is 0 Å². The summed E-state index contributed by atoms with van der Waals surface area (Å²) in [4.78, 5) is 23.1. The topological polar surface area (TPSA) is 87.7 Å². The number of urea groups is 1. The quantitative estimate of drug-likeness (QED) is 0.788. The number of benzene rings is 1. The molecule has 2 amide bonds. The van der Waals surface area contributed by atoms with Crippen molar-refractivity contribution in [2.24, 2.45) is 0 Å². The van der Waals surface area contributed by atoms with Crippen LogP contribution in [0.1, 0.15) is 6.42 Å². The van der Waals surface area contributed by atoms with Gasteiger partial charge in [-0.15, -0.1) is 0 Å². The average Bonchev–Trinajstić information content (AvgIpc) is 2.82. The van der Waals surface area contributed by atoms with Gasteiger partial charge in [0.15, 0.2) is 5.54 Å². The Morgan fingerprint density at radius 2 is 2.11 bits per heavy atom. The Hall–Kier alpha value is -1.79. The van der Waals surface area contributed by atoms with Crippen molar-refractivity contribution in [1.29, 1.82) is 0 Å². The van der Waals surface area contributed by atoms with Gasteiger partial charge in [0.25, 0.3) is 0 Å². The van der Waals surface area contributed by atoms with Crippen LogP contribution in [-0.2, 0) is 9.53 Å². The van der Waals surface area contributed by atoms with Crippen molar-refractivity contribution >= 4 is 29.3 Å². The Bertz CT molecular complexity index is 500. The smallest absolute Gasteiger partial charge is 0.332 e. The van der Waals surface area contributed by atoms with E-state index in [0.29, 0.717) is 17.3 Å². The van der Waals surface area contributed by atoms with Crippen LogP contribution in [0.2, 0.25) is 5.02 Å². The monoisotopic (exact) mass is 284 g/mol. The summed E-state index contributed by atoms with van der Waals surface area (Å²) in [5, 5.41) is 14.5. The highest BCUT2D eigenvalue weighted by Gasteiger charge is 2.44. The molecule has 1 aliphatic rings. The maximum absolute atomic E-state index is 11.8. The van der Waals surface area contributed by atoms with Crippen molar-refractivity contribution in [3.05, 3.63) is 29.3 Å². The van der Waals surface area contributed by atoms with Gasteiger partial charge in [0.1, 0.15) is 0 Å². The van der Waals surface area contributed by atoms with Gasteiger partial charge in [-0.1, -0.05) is 23.7 Å². The minimum atomic E-state index is -1.37. The third kappa shape index (κ3) is 2.97. The van der Waals surface area contributed by atoms with Crippen molar-refractivity contribution in [1.82, 2.24) is 5.32 Å². The molecule has 6 nitrogen and oxygen atoms in total. The standard InChI is InChI=1S/C12H13ClN2O4/c13-8-3-1-2-4-9(8)14-11(18)15-12(10(16)17)5-6-19-7-12/h1-4H,5-7H2,(H,16,17)(H2,14,15,18). The molecule has 1 aromatic carbocycles. The van der Waals surface area contributed by atoms with E-state index in [1.54, 1.807) is 24.3 Å². The molecule has 1 unspecified atom stereocenters. The molecule has 0 aliphatic carbocycles. The maximum atomic E-state index is 11.8. The van der Waals surface area contributed by atoms with Gasteiger partial charge >= 0.3 is 12.0 Å². The van der Waals surface area contributed by atoms with E-state index < -0.39 is 17.5 Å².